The number of methoxy groups -OCH3 is 1. The lowest BCUT2D eigenvalue weighted by Crippen LogP contribution is -2.47. The number of carbonyl (C=O) groups excluding carboxylic acids is 2. The van der Waals surface area contributed by atoms with Crippen molar-refractivity contribution in [3.8, 4) is 5.75 Å². The zero-order chi connectivity index (χ0) is 24.7. The van der Waals surface area contributed by atoms with E-state index in [0.717, 1.165) is 19.5 Å². The van der Waals surface area contributed by atoms with Crippen LogP contribution in [0.25, 0.3) is 0 Å². The summed E-state index contributed by atoms with van der Waals surface area (Å²) in [4.78, 5) is 29.0. The minimum absolute atomic E-state index is 0.109. The van der Waals surface area contributed by atoms with Crippen LogP contribution in [0.15, 0.2) is 48.5 Å². The minimum Gasteiger partial charge on any atom is -0.491 e. The Bertz CT molecular complexity index is 966. The number of carbonyl (C=O) groups is 2. The zero-order valence-electron chi connectivity index (χ0n) is 20.9. The van der Waals surface area contributed by atoms with Crippen LogP contribution in [0.5, 0.6) is 5.75 Å². The first-order valence-corrected chi connectivity index (χ1v) is 11.9. The molecule has 0 aliphatic carbocycles. The van der Waals surface area contributed by atoms with Gasteiger partial charge >= 0.3 is 0 Å². The highest BCUT2D eigenvalue weighted by atomic mass is 16.5. The fourth-order valence-electron chi connectivity index (χ4n) is 4.36. The summed E-state index contributed by atoms with van der Waals surface area (Å²) in [5.74, 6) is 0.378. The SMILES string of the molecule is CO[C@@H]1CN(C)C(=O)c2cc(NC(C)=O)ccc2OC[C@H](C)N(CCc2ccccc2)C[C@H]1C. The van der Waals surface area contributed by atoms with Gasteiger partial charge in [-0.2, -0.15) is 0 Å². The number of nitrogens with zero attached hydrogens (tertiary/aromatic N) is 2. The topological polar surface area (TPSA) is 71.1 Å². The van der Waals surface area contributed by atoms with Gasteiger partial charge < -0.3 is 19.7 Å². The van der Waals surface area contributed by atoms with Crippen LogP contribution in [-0.2, 0) is 16.0 Å². The number of fused-ring (bicyclic) bond motifs is 1. The first-order chi connectivity index (χ1) is 16.3. The molecule has 7 nitrogen and oxygen atoms in total. The van der Waals surface area contributed by atoms with Crippen LogP contribution < -0.4 is 10.1 Å². The molecule has 0 bridgehead atoms. The normalized spacial score (nSPS) is 22.2. The van der Waals surface area contributed by atoms with Gasteiger partial charge in [0.25, 0.3) is 5.91 Å². The second kappa shape index (κ2) is 12.0. The quantitative estimate of drug-likeness (QED) is 0.726. The predicted octanol–water partition coefficient (Wildman–Crippen LogP) is 3.69. The number of benzene rings is 2. The van der Waals surface area contributed by atoms with Crippen molar-refractivity contribution in [2.45, 2.75) is 39.3 Å². The summed E-state index contributed by atoms with van der Waals surface area (Å²) in [6, 6.07) is 15.8. The van der Waals surface area contributed by atoms with Gasteiger partial charge in [-0.05, 0) is 43.0 Å². The lowest BCUT2D eigenvalue weighted by atomic mass is 10.0. The second-order valence-corrected chi connectivity index (χ2v) is 9.22. The van der Waals surface area contributed by atoms with E-state index in [9.17, 15) is 9.59 Å². The fourth-order valence-corrected chi connectivity index (χ4v) is 4.36. The number of rotatable bonds is 5. The lowest BCUT2D eigenvalue weighted by molar-refractivity contribution is -0.114. The fraction of sp³-hybridized carbons (Fsp3) is 0.481. The van der Waals surface area contributed by atoms with Crippen molar-refractivity contribution >= 4 is 17.5 Å². The average molecular weight is 468 g/mol. The summed E-state index contributed by atoms with van der Waals surface area (Å²) in [7, 11) is 3.48. The van der Waals surface area contributed by atoms with E-state index in [0.29, 0.717) is 30.2 Å². The first kappa shape index (κ1) is 25.7. The highest BCUT2D eigenvalue weighted by molar-refractivity contribution is 5.99. The Morgan fingerprint density at radius 2 is 1.88 bits per heavy atom. The van der Waals surface area contributed by atoms with Gasteiger partial charge in [-0.3, -0.25) is 14.5 Å². The maximum Gasteiger partial charge on any atom is 0.257 e. The Morgan fingerprint density at radius 3 is 2.56 bits per heavy atom. The Labute approximate surface area is 203 Å². The number of amides is 2. The monoisotopic (exact) mass is 467 g/mol. The van der Waals surface area contributed by atoms with Gasteiger partial charge in [0.1, 0.15) is 12.4 Å². The van der Waals surface area contributed by atoms with Crippen LogP contribution in [0.2, 0.25) is 0 Å². The number of hydrogen-bond donors (Lipinski definition) is 1. The van der Waals surface area contributed by atoms with Crippen molar-refractivity contribution in [3.63, 3.8) is 0 Å². The molecule has 0 saturated carbocycles. The standard InChI is InChI=1S/C27H37N3O4/c1-19-16-30(14-13-22-9-7-6-8-10-22)20(2)18-34-25-12-11-23(28-21(3)31)15-24(25)27(32)29(4)17-26(19)33-5/h6-12,15,19-20,26H,13-14,16-18H2,1-5H3,(H,28,31)/t19-,20+,26-/m1/s1. The van der Waals surface area contributed by atoms with Crippen LogP contribution in [0, 0.1) is 5.92 Å². The predicted molar refractivity (Wildman–Crippen MR) is 134 cm³/mol. The van der Waals surface area contributed by atoms with Crippen molar-refractivity contribution in [1.82, 2.24) is 9.80 Å². The number of nitrogens with one attached hydrogen (secondary N) is 1. The third-order valence-electron chi connectivity index (χ3n) is 6.42. The van der Waals surface area contributed by atoms with E-state index in [-0.39, 0.29) is 29.9 Å². The molecule has 3 atom stereocenters. The average Bonchev–Trinajstić information content (AvgIpc) is 2.82. The third-order valence-corrected chi connectivity index (χ3v) is 6.42. The van der Waals surface area contributed by atoms with E-state index in [4.69, 9.17) is 9.47 Å². The molecule has 0 saturated heterocycles. The molecule has 7 heteroatoms. The largest absolute Gasteiger partial charge is 0.491 e. The molecule has 2 amide bonds. The van der Waals surface area contributed by atoms with Crippen molar-refractivity contribution in [3.05, 3.63) is 59.7 Å². The van der Waals surface area contributed by atoms with Gasteiger partial charge in [0.15, 0.2) is 0 Å². The number of anilines is 1. The lowest BCUT2D eigenvalue weighted by Gasteiger charge is -2.36. The molecule has 1 heterocycles. The second-order valence-electron chi connectivity index (χ2n) is 9.22. The van der Waals surface area contributed by atoms with Gasteiger partial charge in [-0.1, -0.05) is 37.3 Å². The number of ether oxygens (including phenoxy) is 2. The summed E-state index contributed by atoms with van der Waals surface area (Å²) in [5.41, 5.74) is 2.30. The molecule has 0 aromatic heterocycles. The Morgan fingerprint density at radius 1 is 1.15 bits per heavy atom. The highest BCUT2D eigenvalue weighted by Gasteiger charge is 2.28. The summed E-state index contributed by atoms with van der Waals surface area (Å²) in [6.45, 7) is 8.42. The number of likely N-dealkylation sites (N-methyl/N-ethyl adjacent to an activating group) is 1. The van der Waals surface area contributed by atoms with Crippen molar-refractivity contribution < 1.29 is 19.1 Å². The van der Waals surface area contributed by atoms with Crippen molar-refractivity contribution in [2.75, 3.05) is 45.7 Å². The molecular weight excluding hydrogens is 430 g/mol. The molecule has 184 valence electrons. The van der Waals surface area contributed by atoms with Gasteiger partial charge in [0.05, 0.1) is 11.7 Å². The van der Waals surface area contributed by atoms with Gasteiger partial charge in [-0.25, -0.2) is 0 Å². The first-order valence-electron chi connectivity index (χ1n) is 11.9. The molecular formula is C27H37N3O4. The molecule has 1 aliphatic rings. The molecule has 1 aliphatic heterocycles. The van der Waals surface area contributed by atoms with E-state index in [1.165, 1.54) is 12.5 Å². The van der Waals surface area contributed by atoms with Crippen LogP contribution in [0.4, 0.5) is 5.69 Å². The van der Waals surface area contributed by atoms with Crippen molar-refractivity contribution in [2.24, 2.45) is 5.92 Å². The van der Waals surface area contributed by atoms with Gasteiger partial charge in [0.2, 0.25) is 5.91 Å². The van der Waals surface area contributed by atoms with Crippen LogP contribution in [0.3, 0.4) is 0 Å². The molecule has 3 rings (SSSR count). The smallest absolute Gasteiger partial charge is 0.257 e. The maximum atomic E-state index is 13.3. The summed E-state index contributed by atoms with van der Waals surface area (Å²) in [6.07, 6.45) is 0.840. The van der Waals surface area contributed by atoms with E-state index < -0.39 is 0 Å². The minimum atomic E-state index is -0.189. The summed E-state index contributed by atoms with van der Waals surface area (Å²) in [5, 5.41) is 2.75. The van der Waals surface area contributed by atoms with Crippen LogP contribution in [-0.4, -0.2) is 74.2 Å². The van der Waals surface area contributed by atoms with Gasteiger partial charge in [0, 0.05) is 52.4 Å². The zero-order valence-corrected chi connectivity index (χ0v) is 20.9. The molecule has 0 unspecified atom stereocenters. The molecule has 0 fully saturated rings. The van der Waals surface area contributed by atoms with Crippen LogP contribution in [0.1, 0.15) is 36.7 Å². The van der Waals surface area contributed by atoms with E-state index in [1.807, 2.05) is 6.07 Å². The van der Waals surface area contributed by atoms with E-state index in [1.54, 1.807) is 37.3 Å². The van der Waals surface area contributed by atoms with E-state index >= 15 is 0 Å². The summed E-state index contributed by atoms with van der Waals surface area (Å²) < 4.78 is 12.0. The summed E-state index contributed by atoms with van der Waals surface area (Å²) >= 11 is 0. The van der Waals surface area contributed by atoms with Gasteiger partial charge in [-0.15, -0.1) is 0 Å². The molecule has 34 heavy (non-hydrogen) atoms. The van der Waals surface area contributed by atoms with E-state index in [2.05, 4.69) is 48.3 Å². The molecule has 1 N–H and O–H groups in total. The molecule has 0 radical (unpaired) electrons. The highest BCUT2D eigenvalue weighted by Crippen LogP contribution is 2.26. The molecule has 0 spiro atoms. The maximum absolute atomic E-state index is 13.3. The van der Waals surface area contributed by atoms with Crippen molar-refractivity contribution in [1.29, 1.82) is 0 Å². The molecule has 2 aromatic rings. The van der Waals surface area contributed by atoms with Crippen LogP contribution >= 0.6 is 0 Å². The Hall–Kier alpha value is -2.90. The number of hydrogen-bond acceptors (Lipinski definition) is 5. The molecule has 2 aromatic carbocycles. The third kappa shape index (κ3) is 6.81. The Balaban J connectivity index is 1.88. The Kier molecular flexibility index (Phi) is 9.07.